The number of anilines is 2. The number of nitrogen functional groups attached to an aromatic ring is 2. The monoisotopic (exact) mass is 402 g/mol. The molecule has 3 heterocycles. The number of nitrogens with two attached hydrogens (primary N) is 2. The Bertz CT molecular complexity index is 944. The maximum absolute atomic E-state index is 5.62. The highest BCUT2D eigenvalue weighted by atomic mass is 32.2. The maximum Gasteiger partial charge on any atom is 0.225 e. The molecule has 27 heavy (non-hydrogen) atoms. The first-order valence-electron chi connectivity index (χ1n) is 8.93. The molecule has 0 aliphatic heterocycles. The van der Waals surface area contributed by atoms with E-state index in [9.17, 15) is 0 Å². The predicted octanol–water partition coefficient (Wildman–Crippen LogP) is 2.70. The first kappa shape index (κ1) is 18.2. The summed E-state index contributed by atoms with van der Waals surface area (Å²) in [7, 11) is 1.99. The summed E-state index contributed by atoms with van der Waals surface area (Å²) >= 11 is 3.35. The van der Waals surface area contributed by atoms with Gasteiger partial charge in [0, 0.05) is 11.9 Å². The van der Waals surface area contributed by atoms with E-state index in [-0.39, 0.29) is 11.9 Å². The Morgan fingerprint density at radius 1 is 1.22 bits per heavy atom. The number of thioether (sulfide) groups is 1. The largest absolute Gasteiger partial charge is 0.368 e. The van der Waals surface area contributed by atoms with Crippen molar-refractivity contribution in [2.75, 3.05) is 11.5 Å². The van der Waals surface area contributed by atoms with Crippen LogP contribution in [-0.2, 0) is 25.6 Å². The van der Waals surface area contributed by atoms with E-state index >= 15 is 0 Å². The van der Waals surface area contributed by atoms with E-state index in [1.807, 2.05) is 23.0 Å². The summed E-state index contributed by atoms with van der Waals surface area (Å²) in [5, 5.41) is 9.56. The van der Waals surface area contributed by atoms with Crippen LogP contribution in [0.25, 0.3) is 10.7 Å². The second kappa shape index (κ2) is 7.43. The van der Waals surface area contributed by atoms with Gasteiger partial charge >= 0.3 is 0 Å². The first-order valence-corrected chi connectivity index (χ1v) is 10.7. The van der Waals surface area contributed by atoms with Crippen LogP contribution in [0.5, 0.6) is 0 Å². The third-order valence-electron chi connectivity index (χ3n) is 4.86. The van der Waals surface area contributed by atoms with Gasteiger partial charge < -0.3 is 16.0 Å². The molecule has 142 valence electrons. The number of thiophene rings is 1. The van der Waals surface area contributed by atoms with E-state index in [0.29, 0.717) is 11.6 Å². The molecule has 0 bridgehead atoms. The van der Waals surface area contributed by atoms with Crippen molar-refractivity contribution in [3.05, 3.63) is 22.3 Å². The lowest BCUT2D eigenvalue weighted by molar-refractivity contribution is 0.449. The molecule has 1 aliphatic carbocycles. The number of aryl methyl sites for hydroxylation is 1. The molecule has 0 saturated heterocycles. The van der Waals surface area contributed by atoms with E-state index in [0.717, 1.165) is 16.9 Å². The molecule has 3 aromatic rings. The summed E-state index contributed by atoms with van der Waals surface area (Å²) in [5.74, 6) is 3.01. The second-order valence-electron chi connectivity index (χ2n) is 6.70. The number of aromatic nitrogens is 6. The lowest BCUT2D eigenvalue weighted by atomic mass is 9.87. The maximum atomic E-state index is 5.62. The highest BCUT2D eigenvalue weighted by molar-refractivity contribution is 7.98. The lowest BCUT2D eigenvalue weighted by Gasteiger charge is -2.19. The summed E-state index contributed by atoms with van der Waals surface area (Å²) in [4.78, 5) is 14.7. The van der Waals surface area contributed by atoms with Crippen molar-refractivity contribution in [2.45, 2.75) is 43.5 Å². The normalized spacial score (nSPS) is 16.4. The van der Waals surface area contributed by atoms with Gasteiger partial charge in [-0.25, -0.2) is 0 Å². The van der Waals surface area contributed by atoms with Gasteiger partial charge in [-0.05, 0) is 36.8 Å². The molecule has 0 saturated carbocycles. The van der Waals surface area contributed by atoms with Crippen LogP contribution in [-0.4, -0.2) is 29.7 Å². The van der Waals surface area contributed by atoms with Gasteiger partial charge in [0.25, 0.3) is 0 Å². The summed E-state index contributed by atoms with van der Waals surface area (Å²) in [6, 6.07) is 2.30. The molecule has 4 rings (SSSR count). The van der Waals surface area contributed by atoms with Gasteiger partial charge in [0.2, 0.25) is 11.9 Å². The highest BCUT2D eigenvalue weighted by Gasteiger charge is 2.22. The van der Waals surface area contributed by atoms with Crippen LogP contribution in [0.1, 0.15) is 36.0 Å². The van der Waals surface area contributed by atoms with E-state index in [1.165, 1.54) is 52.8 Å². The first-order chi connectivity index (χ1) is 13.0. The zero-order valence-corrected chi connectivity index (χ0v) is 17.0. The van der Waals surface area contributed by atoms with Crippen LogP contribution < -0.4 is 11.5 Å². The average molecular weight is 403 g/mol. The van der Waals surface area contributed by atoms with Crippen LogP contribution in [0.15, 0.2) is 11.2 Å². The van der Waals surface area contributed by atoms with Crippen molar-refractivity contribution in [1.29, 1.82) is 0 Å². The molecule has 1 atom stereocenters. The molecular weight excluding hydrogens is 380 g/mol. The van der Waals surface area contributed by atoms with Crippen LogP contribution in [0, 0.1) is 5.92 Å². The molecule has 4 N–H and O–H groups in total. The Hall–Kier alpha value is -2.20. The molecule has 0 unspecified atom stereocenters. The molecule has 0 amide bonds. The topological polar surface area (TPSA) is 121 Å². The Morgan fingerprint density at radius 2 is 2.00 bits per heavy atom. The molecule has 0 fully saturated rings. The fraction of sp³-hybridized carbons (Fsp3) is 0.471. The van der Waals surface area contributed by atoms with Crippen LogP contribution >= 0.6 is 23.1 Å². The quantitative estimate of drug-likeness (QED) is 0.625. The lowest BCUT2D eigenvalue weighted by Crippen LogP contribution is -2.10. The molecule has 8 nitrogen and oxygen atoms in total. The zero-order valence-electron chi connectivity index (χ0n) is 15.3. The predicted molar refractivity (Wildman–Crippen MR) is 108 cm³/mol. The molecule has 0 spiro atoms. The number of hydrogen-bond acceptors (Lipinski definition) is 9. The fourth-order valence-electron chi connectivity index (χ4n) is 3.36. The molecule has 0 radical (unpaired) electrons. The molecule has 3 aromatic heterocycles. The second-order valence-corrected chi connectivity index (χ2v) is 8.78. The van der Waals surface area contributed by atoms with Gasteiger partial charge in [-0.3, -0.25) is 0 Å². The Morgan fingerprint density at radius 3 is 2.74 bits per heavy atom. The summed E-state index contributed by atoms with van der Waals surface area (Å²) < 4.78 is 2.02. The minimum Gasteiger partial charge on any atom is -0.368 e. The van der Waals surface area contributed by atoms with Crippen LogP contribution in [0.2, 0.25) is 0 Å². The number of fused-ring (bicyclic) bond motifs is 1. The molecule has 0 aromatic carbocycles. The Balaban J connectivity index is 1.52. The van der Waals surface area contributed by atoms with Crippen LogP contribution in [0.3, 0.4) is 0 Å². The number of hydrogen-bond donors (Lipinski definition) is 2. The van der Waals surface area contributed by atoms with Gasteiger partial charge in [-0.2, -0.15) is 15.0 Å². The minimum atomic E-state index is 0.131. The third-order valence-corrected chi connectivity index (χ3v) is 7.11. The van der Waals surface area contributed by atoms with Gasteiger partial charge in [0.05, 0.1) is 10.6 Å². The fourth-order valence-corrected chi connectivity index (χ4v) is 5.36. The number of rotatable bonds is 5. The Labute approximate surface area is 165 Å². The Kier molecular flexibility index (Phi) is 5.00. The SMILES string of the molecule is CC[C@H]1CCc2sc(-c3nnc(SCc4nc(N)nc(N)n4)n3C)cc2C1. The standard InChI is InChI=1S/C17H22N8S2/c1-3-9-4-5-11-10(6-9)7-12(27-11)14-23-24-17(25(14)2)26-8-13-20-15(18)22-16(19)21-13/h7,9H,3-6,8H2,1-2H3,(H4,18,19,20,21,22)/t9-/m0/s1. The van der Waals surface area contributed by atoms with Crippen molar-refractivity contribution < 1.29 is 0 Å². The van der Waals surface area contributed by atoms with Gasteiger partial charge in [0.15, 0.2) is 11.0 Å². The van der Waals surface area contributed by atoms with E-state index in [4.69, 9.17) is 11.5 Å². The smallest absolute Gasteiger partial charge is 0.225 e. The van der Waals surface area contributed by atoms with Crippen molar-refractivity contribution in [3.63, 3.8) is 0 Å². The molecular formula is C17H22N8S2. The molecule has 10 heteroatoms. The van der Waals surface area contributed by atoms with Crippen molar-refractivity contribution in [2.24, 2.45) is 13.0 Å². The third kappa shape index (κ3) is 3.77. The number of nitrogens with zero attached hydrogens (tertiary/aromatic N) is 6. The van der Waals surface area contributed by atoms with E-state index < -0.39 is 0 Å². The van der Waals surface area contributed by atoms with Crippen molar-refractivity contribution >= 4 is 35.0 Å². The van der Waals surface area contributed by atoms with E-state index in [1.54, 1.807) is 0 Å². The summed E-state index contributed by atoms with van der Waals surface area (Å²) in [6.45, 7) is 2.28. The van der Waals surface area contributed by atoms with Crippen molar-refractivity contribution in [1.82, 2.24) is 29.7 Å². The van der Waals surface area contributed by atoms with Crippen LogP contribution in [0.4, 0.5) is 11.9 Å². The van der Waals surface area contributed by atoms with Gasteiger partial charge in [0.1, 0.15) is 5.82 Å². The summed E-state index contributed by atoms with van der Waals surface area (Å²) in [5.41, 5.74) is 12.7. The average Bonchev–Trinajstić information content (AvgIpc) is 3.21. The van der Waals surface area contributed by atoms with Gasteiger partial charge in [-0.1, -0.05) is 25.1 Å². The van der Waals surface area contributed by atoms with Gasteiger partial charge in [-0.15, -0.1) is 21.5 Å². The molecule has 1 aliphatic rings. The van der Waals surface area contributed by atoms with Crippen molar-refractivity contribution in [3.8, 4) is 10.7 Å². The summed E-state index contributed by atoms with van der Waals surface area (Å²) in [6.07, 6.45) is 4.91. The minimum absolute atomic E-state index is 0.131. The van der Waals surface area contributed by atoms with E-state index in [2.05, 4.69) is 38.1 Å². The zero-order chi connectivity index (χ0) is 19.0. The highest BCUT2D eigenvalue weighted by Crippen LogP contribution is 2.38.